The maximum Gasteiger partial charge on any atom is 0.178 e. The quantitative estimate of drug-likeness (QED) is 0.767. The average molecular weight is 311 g/mol. The smallest absolute Gasteiger partial charge is 0.178 e. The summed E-state index contributed by atoms with van der Waals surface area (Å²) in [5.74, 6) is 1.98. The standard InChI is InChI=1S/C18H17NO4/c1-3-22-14-8-9-15(17(20)10-14)18-16(11-19-23-18)12-4-6-13(21-2)7-5-12/h4-11,20H,3H2,1-2H3. The summed E-state index contributed by atoms with van der Waals surface area (Å²) in [6.07, 6.45) is 1.63. The molecule has 0 radical (unpaired) electrons. The first kappa shape index (κ1) is 15.0. The molecule has 0 fully saturated rings. The highest BCUT2D eigenvalue weighted by molar-refractivity contribution is 5.82. The molecule has 5 nitrogen and oxygen atoms in total. The Morgan fingerprint density at radius 3 is 2.43 bits per heavy atom. The van der Waals surface area contributed by atoms with Crippen LogP contribution in [0.2, 0.25) is 0 Å². The average Bonchev–Trinajstić information content (AvgIpc) is 3.05. The first-order chi connectivity index (χ1) is 11.2. The van der Waals surface area contributed by atoms with Gasteiger partial charge in [-0.3, -0.25) is 0 Å². The van der Waals surface area contributed by atoms with Crippen molar-refractivity contribution in [3.05, 3.63) is 48.7 Å². The number of ether oxygens (including phenoxy) is 2. The third-order valence-corrected chi connectivity index (χ3v) is 3.50. The first-order valence-corrected chi connectivity index (χ1v) is 7.28. The highest BCUT2D eigenvalue weighted by Gasteiger charge is 2.16. The molecule has 1 N–H and O–H groups in total. The van der Waals surface area contributed by atoms with E-state index in [2.05, 4.69) is 5.16 Å². The molecule has 0 aliphatic heterocycles. The zero-order valence-corrected chi connectivity index (χ0v) is 12.9. The predicted octanol–water partition coefficient (Wildman–Crippen LogP) is 4.12. The van der Waals surface area contributed by atoms with Gasteiger partial charge in [0.1, 0.15) is 17.2 Å². The second-order valence-electron chi connectivity index (χ2n) is 4.91. The fourth-order valence-electron chi connectivity index (χ4n) is 2.37. The van der Waals surface area contributed by atoms with E-state index < -0.39 is 0 Å². The zero-order valence-electron chi connectivity index (χ0n) is 12.9. The second-order valence-corrected chi connectivity index (χ2v) is 4.91. The minimum absolute atomic E-state index is 0.0856. The van der Waals surface area contributed by atoms with Crippen LogP contribution in [0.1, 0.15) is 6.92 Å². The molecule has 118 valence electrons. The van der Waals surface area contributed by atoms with Crippen molar-refractivity contribution < 1.29 is 19.1 Å². The molecule has 5 heteroatoms. The third kappa shape index (κ3) is 2.99. The van der Waals surface area contributed by atoms with Gasteiger partial charge in [0, 0.05) is 11.6 Å². The normalized spacial score (nSPS) is 10.5. The summed E-state index contributed by atoms with van der Waals surface area (Å²) >= 11 is 0. The number of aromatic hydroxyl groups is 1. The lowest BCUT2D eigenvalue weighted by Gasteiger charge is -2.08. The lowest BCUT2D eigenvalue weighted by molar-refractivity contribution is 0.337. The summed E-state index contributed by atoms with van der Waals surface area (Å²) in [5, 5.41) is 14.1. The number of rotatable bonds is 5. The topological polar surface area (TPSA) is 64.7 Å². The molecule has 0 atom stereocenters. The number of aromatic nitrogens is 1. The van der Waals surface area contributed by atoms with Crippen molar-refractivity contribution in [2.45, 2.75) is 6.92 Å². The van der Waals surface area contributed by atoms with Crippen LogP contribution >= 0.6 is 0 Å². The van der Waals surface area contributed by atoms with Gasteiger partial charge >= 0.3 is 0 Å². The minimum Gasteiger partial charge on any atom is -0.507 e. The molecule has 23 heavy (non-hydrogen) atoms. The van der Waals surface area contributed by atoms with Crippen LogP contribution in [0, 0.1) is 0 Å². The predicted molar refractivity (Wildman–Crippen MR) is 86.8 cm³/mol. The molecule has 0 saturated heterocycles. The molecule has 2 aromatic carbocycles. The van der Waals surface area contributed by atoms with Gasteiger partial charge in [-0.15, -0.1) is 0 Å². The molecule has 0 amide bonds. The lowest BCUT2D eigenvalue weighted by atomic mass is 10.0. The monoisotopic (exact) mass is 311 g/mol. The fourth-order valence-corrected chi connectivity index (χ4v) is 2.37. The Hall–Kier alpha value is -2.95. The second kappa shape index (κ2) is 6.44. The van der Waals surface area contributed by atoms with Crippen LogP contribution < -0.4 is 9.47 Å². The molecule has 1 heterocycles. The Kier molecular flexibility index (Phi) is 4.19. The summed E-state index contributed by atoms with van der Waals surface area (Å²) in [5.41, 5.74) is 2.29. The van der Waals surface area contributed by atoms with Gasteiger partial charge in [0.15, 0.2) is 5.76 Å². The van der Waals surface area contributed by atoms with Crippen LogP contribution in [-0.4, -0.2) is 24.0 Å². The lowest BCUT2D eigenvalue weighted by Crippen LogP contribution is -1.91. The Bertz CT molecular complexity index is 793. The molecule has 0 aliphatic carbocycles. The Morgan fingerprint density at radius 1 is 1.04 bits per heavy atom. The van der Waals surface area contributed by atoms with Gasteiger partial charge < -0.3 is 19.1 Å². The summed E-state index contributed by atoms with van der Waals surface area (Å²) in [6.45, 7) is 2.43. The van der Waals surface area contributed by atoms with Crippen LogP contribution in [0.5, 0.6) is 17.2 Å². The number of methoxy groups -OCH3 is 1. The molecular weight excluding hydrogens is 294 g/mol. The summed E-state index contributed by atoms with van der Waals surface area (Å²) in [7, 11) is 1.62. The number of hydrogen-bond acceptors (Lipinski definition) is 5. The van der Waals surface area contributed by atoms with Crippen molar-refractivity contribution in [3.63, 3.8) is 0 Å². The van der Waals surface area contributed by atoms with Gasteiger partial charge in [0.05, 0.1) is 25.5 Å². The Morgan fingerprint density at radius 2 is 1.78 bits per heavy atom. The van der Waals surface area contributed by atoms with Crippen LogP contribution in [0.4, 0.5) is 0 Å². The van der Waals surface area contributed by atoms with E-state index in [0.29, 0.717) is 23.7 Å². The van der Waals surface area contributed by atoms with E-state index in [0.717, 1.165) is 16.9 Å². The summed E-state index contributed by atoms with van der Waals surface area (Å²) in [4.78, 5) is 0. The largest absolute Gasteiger partial charge is 0.507 e. The zero-order chi connectivity index (χ0) is 16.2. The Balaban J connectivity index is 2.00. The van der Waals surface area contributed by atoms with Crippen molar-refractivity contribution in [1.82, 2.24) is 5.16 Å². The van der Waals surface area contributed by atoms with E-state index in [1.807, 2.05) is 31.2 Å². The highest BCUT2D eigenvalue weighted by Crippen LogP contribution is 2.38. The van der Waals surface area contributed by atoms with Crippen molar-refractivity contribution in [3.8, 4) is 39.7 Å². The van der Waals surface area contributed by atoms with Crippen LogP contribution in [-0.2, 0) is 0 Å². The SMILES string of the molecule is CCOc1ccc(-c2oncc2-c2ccc(OC)cc2)c(O)c1. The maximum atomic E-state index is 10.3. The van der Waals surface area contributed by atoms with Gasteiger partial charge in [-0.25, -0.2) is 0 Å². The Labute approximate surface area is 134 Å². The van der Waals surface area contributed by atoms with Gasteiger partial charge in [-0.1, -0.05) is 17.3 Å². The number of benzene rings is 2. The molecule has 1 aromatic heterocycles. The summed E-state index contributed by atoms with van der Waals surface area (Å²) < 4.78 is 15.9. The van der Waals surface area contributed by atoms with Crippen LogP contribution in [0.3, 0.4) is 0 Å². The van der Waals surface area contributed by atoms with Crippen molar-refractivity contribution >= 4 is 0 Å². The van der Waals surface area contributed by atoms with Crippen LogP contribution in [0.25, 0.3) is 22.5 Å². The number of hydrogen-bond donors (Lipinski definition) is 1. The van der Waals surface area contributed by atoms with Crippen molar-refractivity contribution in [2.24, 2.45) is 0 Å². The number of phenols is 1. The molecule has 0 saturated carbocycles. The van der Waals surface area contributed by atoms with Gasteiger partial charge in [0.2, 0.25) is 0 Å². The number of phenolic OH excluding ortho intramolecular Hbond substituents is 1. The molecule has 0 unspecified atom stereocenters. The van der Waals surface area contributed by atoms with E-state index in [-0.39, 0.29) is 5.75 Å². The fraction of sp³-hybridized carbons (Fsp3) is 0.167. The minimum atomic E-state index is 0.0856. The molecule has 0 spiro atoms. The molecule has 3 rings (SSSR count). The van der Waals surface area contributed by atoms with Gasteiger partial charge in [-0.05, 0) is 36.8 Å². The molecule has 0 bridgehead atoms. The number of nitrogens with zero attached hydrogens (tertiary/aromatic N) is 1. The van der Waals surface area contributed by atoms with Crippen molar-refractivity contribution in [2.75, 3.05) is 13.7 Å². The van der Waals surface area contributed by atoms with E-state index >= 15 is 0 Å². The maximum absolute atomic E-state index is 10.3. The molecular formula is C18H17NO4. The van der Waals surface area contributed by atoms with E-state index in [9.17, 15) is 5.11 Å². The van der Waals surface area contributed by atoms with Gasteiger partial charge in [-0.2, -0.15) is 0 Å². The van der Waals surface area contributed by atoms with E-state index in [1.165, 1.54) is 0 Å². The van der Waals surface area contributed by atoms with E-state index in [1.54, 1.807) is 31.5 Å². The van der Waals surface area contributed by atoms with Crippen LogP contribution in [0.15, 0.2) is 53.2 Å². The first-order valence-electron chi connectivity index (χ1n) is 7.28. The molecule has 3 aromatic rings. The highest BCUT2D eigenvalue weighted by atomic mass is 16.5. The summed E-state index contributed by atoms with van der Waals surface area (Å²) in [6, 6.07) is 12.7. The third-order valence-electron chi connectivity index (χ3n) is 3.50. The molecule has 0 aliphatic rings. The van der Waals surface area contributed by atoms with Gasteiger partial charge in [0.25, 0.3) is 0 Å². The van der Waals surface area contributed by atoms with E-state index in [4.69, 9.17) is 14.0 Å². The van der Waals surface area contributed by atoms with Crippen molar-refractivity contribution in [1.29, 1.82) is 0 Å².